The van der Waals surface area contributed by atoms with Gasteiger partial charge in [0.25, 0.3) is 0 Å². The molecule has 0 aliphatic heterocycles. The van der Waals surface area contributed by atoms with Crippen LogP contribution < -0.4 is 4.74 Å². The van der Waals surface area contributed by atoms with Gasteiger partial charge in [0.1, 0.15) is 11.5 Å². The molecule has 18 heavy (non-hydrogen) atoms. The van der Waals surface area contributed by atoms with Crippen molar-refractivity contribution >= 4 is 0 Å². The van der Waals surface area contributed by atoms with Crippen LogP contribution in [0.5, 0.6) is 11.5 Å². The highest BCUT2D eigenvalue weighted by Crippen LogP contribution is 2.22. The molecular formula is C16H18O2. The first kappa shape index (κ1) is 12.7. The van der Waals surface area contributed by atoms with Gasteiger partial charge in [-0.15, -0.1) is 0 Å². The summed E-state index contributed by atoms with van der Waals surface area (Å²) in [5.74, 6) is 1.73. The fourth-order valence-corrected chi connectivity index (χ4v) is 1.69. The molecule has 0 N–H and O–H groups in total. The van der Waals surface area contributed by atoms with Crippen LogP contribution in [0.15, 0.2) is 48.5 Å². The van der Waals surface area contributed by atoms with Crippen LogP contribution in [0.2, 0.25) is 0 Å². The van der Waals surface area contributed by atoms with Gasteiger partial charge in [0.05, 0.1) is 6.61 Å². The van der Waals surface area contributed by atoms with Crippen molar-refractivity contribution in [1.29, 1.82) is 0 Å². The van der Waals surface area contributed by atoms with Crippen molar-refractivity contribution in [3.63, 3.8) is 0 Å². The zero-order valence-corrected chi connectivity index (χ0v) is 10.8. The van der Waals surface area contributed by atoms with Gasteiger partial charge < -0.3 is 9.47 Å². The average Bonchev–Trinajstić information content (AvgIpc) is 2.41. The lowest BCUT2D eigenvalue weighted by Crippen LogP contribution is -1.94. The lowest BCUT2D eigenvalue weighted by molar-refractivity contribution is 0.202. The molecule has 0 aliphatic rings. The van der Waals surface area contributed by atoms with Gasteiger partial charge >= 0.3 is 0 Å². The van der Waals surface area contributed by atoms with E-state index in [2.05, 4.69) is 19.1 Å². The molecule has 94 valence electrons. The van der Waals surface area contributed by atoms with E-state index in [-0.39, 0.29) is 0 Å². The lowest BCUT2D eigenvalue weighted by Gasteiger charge is -2.07. The minimum Gasteiger partial charge on any atom is -0.457 e. The van der Waals surface area contributed by atoms with Crippen molar-refractivity contribution < 1.29 is 9.47 Å². The highest BCUT2D eigenvalue weighted by molar-refractivity contribution is 5.34. The minimum absolute atomic E-state index is 0.748. The molecule has 0 aromatic heterocycles. The summed E-state index contributed by atoms with van der Waals surface area (Å²) in [5, 5.41) is 0. The van der Waals surface area contributed by atoms with E-state index >= 15 is 0 Å². The Morgan fingerprint density at radius 1 is 0.833 bits per heavy atom. The van der Waals surface area contributed by atoms with Crippen molar-refractivity contribution in [1.82, 2.24) is 0 Å². The van der Waals surface area contributed by atoms with Gasteiger partial charge in [-0.05, 0) is 43.2 Å². The van der Waals surface area contributed by atoms with Gasteiger partial charge in [-0.3, -0.25) is 0 Å². The molecule has 0 fully saturated rings. The third kappa shape index (κ3) is 3.60. The van der Waals surface area contributed by atoms with Crippen LogP contribution in [0, 0.1) is 6.92 Å². The number of methoxy groups -OCH3 is 1. The molecule has 0 bridgehead atoms. The molecule has 2 nitrogen and oxygen atoms in total. The third-order valence-electron chi connectivity index (χ3n) is 2.77. The fraction of sp³-hybridized carbons (Fsp3) is 0.250. The van der Waals surface area contributed by atoms with E-state index in [1.165, 1.54) is 11.1 Å². The molecule has 0 saturated heterocycles. The molecule has 2 heteroatoms. The molecule has 2 rings (SSSR count). The van der Waals surface area contributed by atoms with Gasteiger partial charge in [-0.25, -0.2) is 0 Å². The predicted molar refractivity (Wildman–Crippen MR) is 73.3 cm³/mol. The van der Waals surface area contributed by atoms with Gasteiger partial charge in [0, 0.05) is 7.11 Å². The van der Waals surface area contributed by atoms with Crippen LogP contribution >= 0.6 is 0 Å². The summed E-state index contributed by atoms with van der Waals surface area (Å²) in [6.07, 6.45) is 0.932. The van der Waals surface area contributed by atoms with Gasteiger partial charge in [0.2, 0.25) is 0 Å². The Bertz CT molecular complexity index is 471. The third-order valence-corrected chi connectivity index (χ3v) is 2.77. The van der Waals surface area contributed by atoms with E-state index in [1.807, 2.05) is 36.4 Å². The Labute approximate surface area is 108 Å². The van der Waals surface area contributed by atoms with Crippen molar-refractivity contribution in [3.05, 3.63) is 59.7 Å². The quantitative estimate of drug-likeness (QED) is 0.789. The van der Waals surface area contributed by atoms with E-state index in [4.69, 9.17) is 9.47 Å². The largest absolute Gasteiger partial charge is 0.457 e. The molecule has 0 saturated carbocycles. The molecule has 2 aromatic rings. The van der Waals surface area contributed by atoms with Crippen LogP contribution in [0.4, 0.5) is 0 Å². The molecule has 0 aliphatic carbocycles. The first-order valence-corrected chi connectivity index (χ1v) is 6.10. The standard InChI is InChI=1S/C16H18O2/c1-13-3-7-15(8-4-13)18-16-9-5-14(6-10-16)11-12-17-2/h3-10H,11-12H2,1-2H3. The zero-order valence-electron chi connectivity index (χ0n) is 10.8. The average molecular weight is 242 g/mol. The molecule has 2 aromatic carbocycles. The summed E-state index contributed by atoms with van der Waals surface area (Å²) in [6, 6.07) is 16.2. The summed E-state index contributed by atoms with van der Waals surface area (Å²) in [4.78, 5) is 0. The van der Waals surface area contributed by atoms with Crippen molar-refractivity contribution in [3.8, 4) is 11.5 Å². The maximum absolute atomic E-state index is 5.76. The maximum Gasteiger partial charge on any atom is 0.127 e. The summed E-state index contributed by atoms with van der Waals surface area (Å²) >= 11 is 0. The number of hydrogen-bond acceptors (Lipinski definition) is 2. The van der Waals surface area contributed by atoms with Gasteiger partial charge in [-0.2, -0.15) is 0 Å². The van der Waals surface area contributed by atoms with Crippen LogP contribution in [-0.4, -0.2) is 13.7 Å². The van der Waals surface area contributed by atoms with Crippen LogP contribution in [0.25, 0.3) is 0 Å². The Morgan fingerprint density at radius 3 is 1.94 bits per heavy atom. The van der Waals surface area contributed by atoms with Crippen LogP contribution in [-0.2, 0) is 11.2 Å². The van der Waals surface area contributed by atoms with E-state index in [9.17, 15) is 0 Å². The van der Waals surface area contributed by atoms with Gasteiger partial charge in [0.15, 0.2) is 0 Å². The predicted octanol–water partition coefficient (Wildman–Crippen LogP) is 3.98. The highest BCUT2D eigenvalue weighted by atomic mass is 16.5. The molecule has 0 heterocycles. The molecule has 0 unspecified atom stereocenters. The zero-order chi connectivity index (χ0) is 12.8. The van der Waals surface area contributed by atoms with Crippen LogP contribution in [0.3, 0.4) is 0 Å². The minimum atomic E-state index is 0.748. The highest BCUT2D eigenvalue weighted by Gasteiger charge is 1.98. The topological polar surface area (TPSA) is 18.5 Å². The summed E-state index contributed by atoms with van der Waals surface area (Å²) in [6.45, 7) is 2.81. The second-order valence-corrected chi connectivity index (χ2v) is 4.30. The van der Waals surface area contributed by atoms with Crippen molar-refractivity contribution in [2.24, 2.45) is 0 Å². The van der Waals surface area contributed by atoms with E-state index in [0.717, 1.165) is 24.5 Å². The summed E-state index contributed by atoms with van der Waals surface area (Å²) in [5.41, 5.74) is 2.49. The molecular weight excluding hydrogens is 224 g/mol. The fourth-order valence-electron chi connectivity index (χ4n) is 1.69. The molecule has 0 spiro atoms. The smallest absolute Gasteiger partial charge is 0.127 e. The number of ether oxygens (including phenoxy) is 2. The van der Waals surface area contributed by atoms with Crippen molar-refractivity contribution in [2.45, 2.75) is 13.3 Å². The second kappa shape index (κ2) is 6.22. The Kier molecular flexibility index (Phi) is 4.37. The van der Waals surface area contributed by atoms with E-state index in [0.29, 0.717) is 0 Å². The Hall–Kier alpha value is -1.80. The number of aryl methyl sites for hydroxylation is 1. The normalized spacial score (nSPS) is 10.3. The number of benzene rings is 2. The summed E-state index contributed by atoms with van der Waals surface area (Å²) in [7, 11) is 1.72. The Morgan fingerprint density at radius 2 is 1.39 bits per heavy atom. The van der Waals surface area contributed by atoms with E-state index in [1.54, 1.807) is 7.11 Å². The van der Waals surface area contributed by atoms with Crippen LogP contribution in [0.1, 0.15) is 11.1 Å². The molecule has 0 atom stereocenters. The first-order chi connectivity index (χ1) is 8.78. The number of rotatable bonds is 5. The monoisotopic (exact) mass is 242 g/mol. The van der Waals surface area contributed by atoms with E-state index < -0.39 is 0 Å². The van der Waals surface area contributed by atoms with Crippen molar-refractivity contribution in [2.75, 3.05) is 13.7 Å². The van der Waals surface area contributed by atoms with Gasteiger partial charge in [-0.1, -0.05) is 29.8 Å². The maximum atomic E-state index is 5.76. The number of hydrogen-bond donors (Lipinski definition) is 0. The lowest BCUT2D eigenvalue weighted by atomic mass is 10.1. The SMILES string of the molecule is COCCc1ccc(Oc2ccc(C)cc2)cc1. The second-order valence-electron chi connectivity index (χ2n) is 4.30. The molecule has 0 amide bonds. The molecule has 0 radical (unpaired) electrons. The summed E-state index contributed by atoms with van der Waals surface area (Å²) < 4.78 is 10.8. The Balaban J connectivity index is 1.99. The first-order valence-electron chi connectivity index (χ1n) is 6.10.